The number of halogens is 3. The van der Waals surface area contributed by atoms with Gasteiger partial charge in [-0.05, 0) is 71.4 Å². The Kier molecular flexibility index (Phi) is 6.54. The minimum Gasteiger partial charge on any atom is -0.457 e. The Morgan fingerprint density at radius 3 is 2.55 bits per heavy atom. The number of fused-ring (bicyclic) bond motifs is 2. The van der Waals surface area contributed by atoms with Gasteiger partial charge in [0.05, 0.1) is 10.0 Å². The molecule has 0 aliphatic rings. The van der Waals surface area contributed by atoms with Gasteiger partial charge in [0.2, 0.25) is 11.8 Å². The summed E-state index contributed by atoms with van der Waals surface area (Å²) < 4.78 is 12.9. The van der Waals surface area contributed by atoms with E-state index in [0.717, 1.165) is 20.8 Å². The van der Waals surface area contributed by atoms with E-state index in [1.165, 1.54) is 6.08 Å². The maximum Gasteiger partial charge on any atom is 0.248 e. The average molecular weight is 604 g/mol. The lowest BCUT2D eigenvalue weighted by molar-refractivity contribution is -0.111. The lowest BCUT2D eigenvalue weighted by Gasteiger charge is -2.04. The molecule has 2 aromatic heterocycles. The van der Waals surface area contributed by atoms with Crippen LogP contribution in [0.1, 0.15) is 5.76 Å². The van der Waals surface area contributed by atoms with E-state index >= 15 is 0 Å². The number of hydrogen-bond acceptors (Lipinski definition) is 4. The van der Waals surface area contributed by atoms with Gasteiger partial charge in [-0.3, -0.25) is 4.79 Å². The summed E-state index contributed by atoms with van der Waals surface area (Å²) in [6, 6.07) is 26.2. The van der Waals surface area contributed by atoms with Crippen molar-refractivity contribution in [1.29, 1.82) is 0 Å². The molecule has 0 fully saturated rings. The topological polar surface area (TPSA) is 68.3 Å². The standard InChI is InChI=1S/C30H17BrCl2N2O3/c31-23-8-2-4-19-20(23)5-1-6-21(19)30-35-25-16-17(10-13-27(25)38-30)34-28(36)15-12-18-11-14-26(37-18)22-7-3-9-24(32)29(22)33/h1-16H,(H,34,36). The molecule has 4 aromatic carbocycles. The smallest absolute Gasteiger partial charge is 0.248 e. The van der Waals surface area contributed by atoms with Crippen molar-refractivity contribution in [1.82, 2.24) is 4.98 Å². The van der Waals surface area contributed by atoms with Crippen LogP contribution >= 0.6 is 39.1 Å². The van der Waals surface area contributed by atoms with E-state index in [9.17, 15) is 4.79 Å². The van der Waals surface area contributed by atoms with Gasteiger partial charge in [0, 0.05) is 27.4 Å². The fourth-order valence-electron chi connectivity index (χ4n) is 4.20. The van der Waals surface area contributed by atoms with Crippen LogP contribution in [0.4, 0.5) is 5.69 Å². The van der Waals surface area contributed by atoms with Gasteiger partial charge in [0.25, 0.3) is 0 Å². The molecule has 6 aromatic rings. The molecule has 1 N–H and O–H groups in total. The van der Waals surface area contributed by atoms with E-state index < -0.39 is 0 Å². The highest BCUT2D eigenvalue weighted by atomic mass is 79.9. The van der Waals surface area contributed by atoms with Gasteiger partial charge in [0.1, 0.15) is 17.0 Å². The van der Waals surface area contributed by atoms with Crippen molar-refractivity contribution in [3.8, 4) is 22.8 Å². The van der Waals surface area contributed by atoms with E-state index in [2.05, 4.69) is 26.2 Å². The van der Waals surface area contributed by atoms with Crippen molar-refractivity contribution >= 4 is 78.7 Å². The van der Waals surface area contributed by atoms with Crippen LogP contribution in [0.25, 0.3) is 50.7 Å². The van der Waals surface area contributed by atoms with Crippen molar-refractivity contribution in [2.45, 2.75) is 0 Å². The summed E-state index contributed by atoms with van der Waals surface area (Å²) in [6.45, 7) is 0. The van der Waals surface area contributed by atoms with Crippen molar-refractivity contribution < 1.29 is 13.6 Å². The van der Waals surface area contributed by atoms with Gasteiger partial charge >= 0.3 is 0 Å². The van der Waals surface area contributed by atoms with Crippen molar-refractivity contribution in [3.63, 3.8) is 0 Å². The fraction of sp³-hybridized carbons (Fsp3) is 0. The van der Waals surface area contributed by atoms with Crippen LogP contribution in [0, 0.1) is 0 Å². The second kappa shape index (κ2) is 10.1. The van der Waals surface area contributed by atoms with Crippen molar-refractivity contribution in [3.05, 3.63) is 111 Å². The zero-order valence-electron chi connectivity index (χ0n) is 19.5. The maximum absolute atomic E-state index is 12.6. The number of oxazole rings is 1. The number of nitrogens with one attached hydrogen (secondary N) is 1. The molecule has 0 aliphatic carbocycles. The molecule has 186 valence electrons. The van der Waals surface area contributed by atoms with Crippen LogP contribution in [0.2, 0.25) is 10.0 Å². The molecule has 0 atom stereocenters. The van der Waals surface area contributed by atoms with Crippen LogP contribution in [0.3, 0.4) is 0 Å². The zero-order chi connectivity index (χ0) is 26.2. The molecule has 0 bridgehead atoms. The van der Waals surface area contributed by atoms with Crippen molar-refractivity contribution in [2.75, 3.05) is 5.32 Å². The lowest BCUT2D eigenvalue weighted by atomic mass is 10.0. The summed E-state index contributed by atoms with van der Waals surface area (Å²) in [5, 5.41) is 5.82. The van der Waals surface area contributed by atoms with Gasteiger partial charge in [-0.1, -0.05) is 69.5 Å². The Morgan fingerprint density at radius 1 is 0.868 bits per heavy atom. The predicted octanol–water partition coefficient (Wildman–Crippen LogP) is 9.63. The first kappa shape index (κ1) is 24.5. The monoisotopic (exact) mass is 602 g/mol. The summed E-state index contributed by atoms with van der Waals surface area (Å²) in [6.07, 6.45) is 2.98. The maximum atomic E-state index is 12.6. The number of carbonyl (C=O) groups is 1. The van der Waals surface area contributed by atoms with E-state index in [1.807, 2.05) is 42.5 Å². The largest absolute Gasteiger partial charge is 0.457 e. The summed E-state index contributed by atoms with van der Waals surface area (Å²) in [5.41, 5.74) is 3.44. The third-order valence-corrected chi connectivity index (χ3v) is 7.51. The summed E-state index contributed by atoms with van der Waals surface area (Å²) >= 11 is 16.0. The number of amides is 1. The molecule has 0 saturated carbocycles. The summed E-state index contributed by atoms with van der Waals surface area (Å²) in [7, 11) is 0. The first-order chi connectivity index (χ1) is 18.5. The number of nitrogens with zero attached hydrogens (tertiary/aromatic N) is 1. The number of benzene rings is 4. The second-order valence-corrected chi connectivity index (χ2v) is 10.1. The molecule has 1 amide bonds. The Hall–Kier alpha value is -3.84. The Balaban J connectivity index is 1.20. The van der Waals surface area contributed by atoms with Crippen LogP contribution < -0.4 is 5.32 Å². The van der Waals surface area contributed by atoms with Crippen LogP contribution in [-0.2, 0) is 4.79 Å². The van der Waals surface area contributed by atoms with E-state index in [0.29, 0.717) is 49.8 Å². The van der Waals surface area contributed by atoms with Crippen LogP contribution in [0.15, 0.2) is 104 Å². The Labute approximate surface area is 235 Å². The molecular formula is C30H17BrCl2N2O3. The third kappa shape index (κ3) is 4.74. The molecule has 2 heterocycles. The van der Waals surface area contributed by atoms with E-state index in [4.69, 9.17) is 32.0 Å². The third-order valence-electron chi connectivity index (χ3n) is 6.00. The zero-order valence-corrected chi connectivity index (χ0v) is 22.6. The molecular weight excluding hydrogens is 587 g/mol. The van der Waals surface area contributed by atoms with Crippen LogP contribution in [0.5, 0.6) is 0 Å². The quantitative estimate of drug-likeness (QED) is 0.199. The normalized spacial score (nSPS) is 11.6. The molecule has 0 spiro atoms. The average Bonchev–Trinajstić information content (AvgIpc) is 3.56. The molecule has 5 nitrogen and oxygen atoms in total. The van der Waals surface area contributed by atoms with Gasteiger partial charge in [-0.2, -0.15) is 0 Å². The first-order valence-corrected chi connectivity index (χ1v) is 13.1. The highest BCUT2D eigenvalue weighted by Crippen LogP contribution is 2.35. The first-order valence-electron chi connectivity index (χ1n) is 11.6. The SMILES string of the molecule is O=C(C=Cc1ccc(-c2cccc(Cl)c2Cl)o1)Nc1ccc2oc(-c3cccc4c(Br)cccc34)nc2c1. The van der Waals surface area contributed by atoms with Gasteiger partial charge in [0.15, 0.2) is 5.58 Å². The van der Waals surface area contributed by atoms with Gasteiger partial charge in [-0.25, -0.2) is 4.98 Å². The van der Waals surface area contributed by atoms with E-state index in [-0.39, 0.29) is 5.91 Å². The molecule has 0 unspecified atom stereocenters. The molecule has 6 rings (SSSR count). The molecule has 8 heteroatoms. The number of aromatic nitrogens is 1. The van der Waals surface area contributed by atoms with Crippen LogP contribution in [-0.4, -0.2) is 10.9 Å². The number of anilines is 1. The number of carbonyl (C=O) groups excluding carboxylic acids is 1. The molecule has 0 radical (unpaired) electrons. The van der Waals surface area contributed by atoms with Gasteiger partial charge < -0.3 is 14.2 Å². The highest BCUT2D eigenvalue weighted by Gasteiger charge is 2.14. The summed E-state index contributed by atoms with van der Waals surface area (Å²) in [5.74, 6) is 1.26. The highest BCUT2D eigenvalue weighted by molar-refractivity contribution is 9.10. The second-order valence-electron chi connectivity index (χ2n) is 8.47. The Morgan fingerprint density at radius 2 is 1.66 bits per heavy atom. The molecule has 0 saturated heterocycles. The van der Waals surface area contributed by atoms with Gasteiger partial charge in [-0.15, -0.1) is 0 Å². The molecule has 0 aliphatic heterocycles. The number of hydrogen-bond donors (Lipinski definition) is 1. The van der Waals surface area contributed by atoms with E-state index in [1.54, 1.807) is 48.5 Å². The molecule has 38 heavy (non-hydrogen) atoms. The summed E-state index contributed by atoms with van der Waals surface area (Å²) in [4.78, 5) is 17.3. The lowest BCUT2D eigenvalue weighted by Crippen LogP contribution is -2.07. The number of furan rings is 1. The predicted molar refractivity (Wildman–Crippen MR) is 156 cm³/mol. The number of rotatable bonds is 5. The van der Waals surface area contributed by atoms with Crippen molar-refractivity contribution in [2.24, 2.45) is 0 Å². The minimum atomic E-state index is -0.314. The fourth-order valence-corrected chi connectivity index (χ4v) is 5.09. The Bertz CT molecular complexity index is 1870. The minimum absolute atomic E-state index is 0.314.